The van der Waals surface area contributed by atoms with Crippen molar-refractivity contribution in [2.45, 2.75) is 31.7 Å². The highest BCUT2D eigenvalue weighted by atomic mass is 16.7. The number of carbonyl (C=O) groups excluding carboxylic acids is 1. The molecule has 0 saturated carbocycles. The summed E-state index contributed by atoms with van der Waals surface area (Å²) in [5, 5.41) is 3.19. The van der Waals surface area contributed by atoms with E-state index in [4.69, 9.17) is 14.5 Å². The Morgan fingerprint density at radius 2 is 1.89 bits per heavy atom. The van der Waals surface area contributed by atoms with Crippen LogP contribution in [0.1, 0.15) is 25.3 Å². The van der Waals surface area contributed by atoms with Gasteiger partial charge in [-0.15, -0.1) is 0 Å². The summed E-state index contributed by atoms with van der Waals surface area (Å²) in [6.07, 6.45) is 5.80. The summed E-state index contributed by atoms with van der Waals surface area (Å²) < 4.78 is 15.6. The minimum absolute atomic E-state index is 0.0697. The maximum absolute atomic E-state index is 14.3. The predicted octanol–water partition coefficient (Wildman–Crippen LogP) is 4.74. The number of ether oxygens (including phenoxy) is 2. The normalized spacial score (nSPS) is 14.7. The van der Waals surface area contributed by atoms with Gasteiger partial charge in [0.1, 0.15) is 6.26 Å². The Balaban J connectivity index is 1.82. The van der Waals surface area contributed by atoms with Crippen molar-refractivity contribution in [1.82, 2.24) is 19.4 Å². The van der Waals surface area contributed by atoms with Gasteiger partial charge < -0.3 is 19.4 Å². The lowest BCUT2D eigenvalue weighted by Gasteiger charge is -2.35. The number of fused-ring (bicyclic) bond motifs is 1. The molecule has 1 aliphatic rings. The van der Waals surface area contributed by atoms with Gasteiger partial charge in [-0.05, 0) is 36.2 Å². The smallest absolute Gasteiger partial charge is 0.254 e. The monoisotopic (exact) mass is 470 g/mol. The molecule has 180 valence electrons. The molecule has 0 radical (unpaired) electrons. The Morgan fingerprint density at radius 1 is 1.09 bits per heavy atom. The fourth-order valence-electron chi connectivity index (χ4n) is 4.72. The summed E-state index contributed by atoms with van der Waals surface area (Å²) in [7, 11) is 1.98. The highest BCUT2D eigenvalue weighted by Gasteiger charge is 2.50. The molecule has 0 saturated heterocycles. The van der Waals surface area contributed by atoms with Gasteiger partial charge in [0.05, 0.1) is 16.7 Å². The molecule has 1 atom stereocenters. The lowest BCUT2D eigenvalue weighted by atomic mass is 9.86. The molecule has 1 unspecified atom stereocenters. The van der Waals surface area contributed by atoms with Gasteiger partial charge in [0, 0.05) is 26.2 Å². The van der Waals surface area contributed by atoms with E-state index in [1.54, 1.807) is 6.26 Å². The second-order valence-electron chi connectivity index (χ2n) is 8.81. The molecule has 5 rings (SSSR count). The molecule has 1 amide bonds. The summed E-state index contributed by atoms with van der Waals surface area (Å²) >= 11 is 0. The van der Waals surface area contributed by atoms with E-state index in [2.05, 4.69) is 12.2 Å². The van der Waals surface area contributed by atoms with Crippen molar-refractivity contribution in [3.05, 3.63) is 90.5 Å². The number of unbranched alkanes of at least 4 members (excludes halogenated alkanes) is 1. The Bertz CT molecular complexity index is 1360. The van der Waals surface area contributed by atoms with E-state index in [0.717, 1.165) is 35.1 Å². The zero-order valence-electron chi connectivity index (χ0n) is 20.1. The number of benzene rings is 2. The van der Waals surface area contributed by atoms with Crippen LogP contribution in [0, 0.1) is 0 Å². The molecule has 2 aromatic carbocycles. The van der Waals surface area contributed by atoms with Gasteiger partial charge in [0.15, 0.2) is 17.1 Å². The number of nitrogens with zero attached hydrogens (tertiary/aromatic N) is 3. The van der Waals surface area contributed by atoms with Crippen LogP contribution in [0.5, 0.6) is 0 Å². The third-order valence-corrected chi connectivity index (χ3v) is 6.49. The van der Waals surface area contributed by atoms with Crippen molar-refractivity contribution in [2.24, 2.45) is 7.05 Å². The first-order chi connectivity index (χ1) is 17.1. The third kappa shape index (κ3) is 4.07. The summed E-state index contributed by atoms with van der Waals surface area (Å²) in [4.78, 5) is 19.3. The van der Waals surface area contributed by atoms with Crippen LogP contribution < -0.4 is 5.32 Å². The number of aromatic nitrogens is 3. The number of carbonyl (C=O) groups is 1. The van der Waals surface area contributed by atoms with Crippen LogP contribution in [0.15, 0.2) is 84.9 Å². The van der Waals surface area contributed by atoms with Crippen LogP contribution in [0.3, 0.4) is 0 Å². The van der Waals surface area contributed by atoms with Gasteiger partial charge in [-0.1, -0.05) is 55.8 Å². The topological polar surface area (TPSA) is 70.3 Å². The Hall–Kier alpha value is -4.00. The zero-order chi connectivity index (χ0) is 24.3. The zero-order valence-corrected chi connectivity index (χ0v) is 20.1. The van der Waals surface area contributed by atoms with Crippen molar-refractivity contribution < 1.29 is 14.3 Å². The fraction of sp³-hybridized carbons (Fsp3) is 0.286. The number of hydrogen-bond acceptors (Lipinski definition) is 4. The first kappa shape index (κ1) is 22.8. The third-order valence-electron chi connectivity index (χ3n) is 6.49. The molecule has 0 aliphatic carbocycles. The van der Waals surface area contributed by atoms with Crippen LogP contribution in [0.4, 0.5) is 0 Å². The van der Waals surface area contributed by atoms with E-state index in [-0.39, 0.29) is 12.7 Å². The molecular weight excluding hydrogens is 440 g/mol. The van der Waals surface area contributed by atoms with Gasteiger partial charge in [0.25, 0.3) is 5.91 Å². The SMILES string of the molecule is CCCCNC(=O)C(Cc1ccccc1)(C1=COCO1)n1c(-c2cccn2C)nc2ccccc21. The van der Waals surface area contributed by atoms with Crippen LogP contribution in [-0.4, -0.2) is 33.4 Å². The number of para-hydroxylation sites is 2. The second-order valence-corrected chi connectivity index (χ2v) is 8.81. The number of nitrogens with one attached hydrogen (secondary N) is 1. The quantitative estimate of drug-likeness (QED) is 0.359. The number of rotatable bonds is 9. The molecule has 3 heterocycles. The first-order valence-corrected chi connectivity index (χ1v) is 12.0. The summed E-state index contributed by atoms with van der Waals surface area (Å²) in [6, 6.07) is 21.9. The number of hydrogen-bond donors (Lipinski definition) is 1. The second kappa shape index (κ2) is 9.70. The highest BCUT2D eigenvalue weighted by Crippen LogP contribution is 2.40. The molecule has 2 aromatic heterocycles. The van der Waals surface area contributed by atoms with Crippen LogP contribution in [0.2, 0.25) is 0 Å². The molecule has 7 heteroatoms. The number of imidazole rings is 1. The molecule has 0 fully saturated rings. The summed E-state index contributed by atoms with van der Waals surface area (Å²) in [6.45, 7) is 2.75. The van der Waals surface area contributed by atoms with E-state index >= 15 is 0 Å². The van der Waals surface area contributed by atoms with Crippen molar-refractivity contribution in [3.8, 4) is 11.5 Å². The van der Waals surface area contributed by atoms with Gasteiger partial charge in [0.2, 0.25) is 6.79 Å². The van der Waals surface area contributed by atoms with Crippen LogP contribution >= 0.6 is 0 Å². The fourth-order valence-corrected chi connectivity index (χ4v) is 4.72. The van der Waals surface area contributed by atoms with Crippen molar-refractivity contribution in [1.29, 1.82) is 0 Å². The van der Waals surface area contributed by atoms with Crippen molar-refractivity contribution in [3.63, 3.8) is 0 Å². The summed E-state index contributed by atoms with van der Waals surface area (Å²) in [5.74, 6) is 1.01. The molecule has 4 aromatic rings. The lowest BCUT2D eigenvalue weighted by molar-refractivity contribution is -0.129. The molecule has 7 nitrogen and oxygen atoms in total. The molecule has 1 aliphatic heterocycles. The van der Waals surface area contributed by atoms with Gasteiger partial charge >= 0.3 is 0 Å². The molecule has 1 N–H and O–H groups in total. The van der Waals surface area contributed by atoms with Gasteiger partial charge in [-0.25, -0.2) is 4.98 Å². The van der Waals surface area contributed by atoms with E-state index in [9.17, 15) is 4.79 Å². The van der Waals surface area contributed by atoms with E-state index in [0.29, 0.717) is 24.5 Å². The minimum Gasteiger partial charge on any atom is -0.461 e. The van der Waals surface area contributed by atoms with Crippen molar-refractivity contribution >= 4 is 16.9 Å². The number of amides is 1. The Kier molecular flexibility index (Phi) is 6.31. The van der Waals surface area contributed by atoms with E-state index in [1.165, 1.54) is 0 Å². The van der Waals surface area contributed by atoms with E-state index in [1.807, 2.05) is 89.1 Å². The van der Waals surface area contributed by atoms with Gasteiger partial charge in [-0.2, -0.15) is 0 Å². The highest BCUT2D eigenvalue weighted by molar-refractivity contribution is 5.92. The maximum atomic E-state index is 14.3. The van der Waals surface area contributed by atoms with Crippen LogP contribution in [0.25, 0.3) is 22.6 Å². The molecule has 35 heavy (non-hydrogen) atoms. The van der Waals surface area contributed by atoms with Gasteiger partial charge in [-0.3, -0.25) is 9.36 Å². The number of aryl methyl sites for hydroxylation is 1. The average molecular weight is 471 g/mol. The summed E-state index contributed by atoms with van der Waals surface area (Å²) in [5.41, 5.74) is 2.31. The van der Waals surface area contributed by atoms with E-state index < -0.39 is 5.54 Å². The van der Waals surface area contributed by atoms with Crippen molar-refractivity contribution in [2.75, 3.05) is 13.3 Å². The molecular formula is C28H30N4O3. The average Bonchev–Trinajstić information content (AvgIpc) is 3.63. The first-order valence-electron chi connectivity index (χ1n) is 12.0. The molecule has 0 bridgehead atoms. The minimum atomic E-state index is -1.25. The predicted molar refractivity (Wildman–Crippen MR) is 135 cm³/mol. The Morgan fingerprint density at radius 3 is 2.60 bits per heavy atom. The van der Waals surface area contributed by atoms with Crippen LogP contribution in [-0.2, 0) is 33.3 Å². The largest absolute Gasteiger partial charge is 0.461 e. The Labute approximate surface area is 205 Å². The lowest BCUT2D eigenvalue weighted by Crippen LogP contribution is -2.52. The molecule has 0 spiro atoms. The maximum Gasteiger partial charge on any atom is 0.254 e. The standard InChI is InChI=1S/C28H30N4O3/c1-3-4-16-29-27(33)28(25-19-34-20-35-25,18-21-11-6-5-7-12-21)32-23-14-9-8-13-22(23)30-26(32)24-15-10-17-31(24)2/h5-15,17,19H,3-4,16,18,20H2,1-2H3,(H,29,33).